The highest BCUT2D eigenvalue weighted by Gasteiger charge is 2.14. The summed E-state index contributed by atoms with van der Waals surface area (Å²) >= 11 is 0. The van der Waals surface area contributed by atoms with Gasteiger partial charge in [-0.15, -0.1) is 0 Å². The fourth-order valence-electron chi connectivity index (χ4n) is 3.26. The van der Waals surface area contributed by atoms with Gasteiger partial charge in [-0.05, 0) is 67.9 Å². The van der Waals surface area contributed by atoms with Crippen LogP contribution >= 0.6 is 0 Å². The molecule has 0 unspecified atom stereocenters. The average Bonchev–Trinajstić information content (AvgIpc) is 2.83. The van der Waals surface area contributed by atoms with Crippen LogP contribution in [0.2, 0.25) is 0 Å². The molecule has 1 saturated carbocycles. The van der Waals surface area contributed by atoms with E-state index < -0.39 is 0 Å². The van der Waals surface area contributed by atoms with E-state index in [9.17, 15) is 0 Å². The maximum absolute atomic E-state index is 6.11. The summed E-state index contributed by atoms with van der Waals surface area (Å²) in [5, 5.41) is 0. The molecule has 2 aliphatic rings. The predicted octanol–water partition coefficient (Wildman–Crippen LogP) is 6.24. The Morgan fingerprint density at radius 1 is 1.00 bits per heavy atom. The van der Waals surface area contributed by atoms with Gasteiger partial charge in [0.1, 0.15) is 5.75 Å². The Morgan fingerprint density at radius 2 is 1.74 bits per heavy atom. The molecule has 0 heterocycles. The van der Waals surface area contributed by atoms with E-state index in [2.05, 4.69) is 62.1 Å². The topological polar surface area (TPSA) is 9.23 Å². The lowest BCUT2D eigenvalue weighted by Gasteiger charge is -2.23. The van der Waals surface area contributed by atoms with E-state index in [0.717, 1.165) is 17.7 Å². The largest absolute Gasteiger partial charge is 0.490 e. The first-order valence-corrected chi connectivity index (χ1v) is 8.74. The smallest absolute Gasteiger partial charge is 0.119 e. The van der Waals surface area contributed by atoms with E-state index in [0.29, 0.717) is 6.10 Å². The number of ether oxygens (including phenoxy) is 1. The molecule has 2 aliphatic carbocycles. The molecular formula is C22H26O. The monoisotopic (exact) mass is 306 g/mol. The zero-order chi connectivity index (χ0) is 16.1. The lowest BCUT2D eigenvalue weighted by atomic mass is 9.98. The minimum atomic E-state index is 0.411. The summed E-state index contributed by atoms with van der Waals surface area (Å²) in [6.07, 6.45) is 16.6. The second kappa shape index (κ2) is 7.50. The molecule has 0 N–H and O–H groups in total. The van der Waals surface area contributed by atoms with Crippen LogP contribution in [-0.2, 0) is 0 Å². The van der Waals surface area contributed by atoms with Gasteiger partial charge in [0.15, 0.2) is 0 Å². The van der Waals surface area contributed by atoms with E-state index in [1.807, 2.05) is 0 Å². The minimum Gasteiger partial charge on any atom is -0.490 e. The normalized spacial score (nSPS) is 18.8. The van der Waals surface area contributed by atoms with Gasteiger partial charge < -0.3 is 4.74 Å². The third kappa shape index (κ3) is 4.25. The standard InChI is InChI=1S/C22H26O/c1-17(2)18-7-6-8-19(12-11-18)20-13-15-22(16-14-20)23-21-9-4-3-5-10-21/h7-8,11-16,21H,1,3-6,9-10H2,2H3. The Kier molecular flexibility index (Phi) is 5.17. The highest BCUT2D eigenvalue weighted by atomic mass is 16.5. The van der Waals surface area contributed by atoms with Crippen molar-refractivity contribution in [2.75, 3.05) is 0 Å². The molecule has 1 aromatic rings. The van der Waals surface area contributed by atoms with Crippen LogP contribution in [-0.4, -0.2) is 6.10 Å². The molecule has 0 aliphatic heterocycles. The van der Waals surface area contributed by atoms with Crippen molar-refractivity contribution in [3.8, 4) is 5.75 Å². The summed E-state index contributed by atoms with van der Waals surface area (Å²) in [6, 6.07) is 8.55. The fraction of sp³-hybridized carbons (Fsp3) is 0.364. The van der Waals surface area contributed by atoms with Crippen LogP contribution in [0.3, 0.4) is 0 Å². The number of benzene rings is 1. The highest BCUT2D eigenvalue weighted by Crippen LogP contribution is 2.27. The van der Waals surface area contributed by atoms with Gasteiger partial charge in [-0.3, -0.25) is 0 Å². The second-order valence-electron chi connectivity index (χ2n) is 6.57. The lowest BCUT2D eigenvalue weighted by Crippen LogP contribution is -2.19. The van der Waals surface area contributed by atoms with Gasteiger partial charge in [-0.2, -0.15) is 0 Å². The van der Waals surface area contributed by atoms with Crippen LogP contribution in [0.15, 0.2) is 66.3 Å². The van der Waals surface area contributed by atoms with E-state index in [4.69, 9.17) is 4.74 Å². The van der Waals surface area contributed by atoms with E-state index in [-0.39, 0.29) is 0 Å². The minimum absolute atomic E-state index is 0.411. The zero-order valence-corrected chi connectivity index (χ0v) is 14.1. The van der Waals surface area contributed by atoms with Crippen molar-refractivity contribution in [1.82, 2.24) is 0 Å². The van der Waals surface area contributed by atoms with Crippen LogP contribution in [0.5, 0.6) is 5.75 Å². The highest BCUT2D eigenvalue weighted by molar-refractivity contribution is 5.76. The molecule has 0 aromatic heterocycles. The van der Waals surface area contributed by atoms with Gasteiger partial charge in [0.25, 0.3) is 0 Å². The van der Waals surface area contributed by atoms with Gasteiger partial charge >= 0.3 is 0 Å². The van der Waals surface area contributed by atoms with E-state index >= 15 is 0 Å². The molecule has 0 amide bonds. The van der Waals surface area contributed by atoms with Gasteiger partial charge in [0.05, 0.1) is 6.10 Å². The molecule has 1 heteroatoms. The van der Waals surface area contributed by atoms with Crippen molar-refractivity contribution in [1.29, 1.82) is 0 Å². The molecule has 23 heavy (non-hydrogen) atoms. The third-order valence-electron chi connectivity index (χ3n) is 4.65. The summed E-state index contributed by atoms with van der Waals surface area (Å²) in [4.78, 5) is 0. The van der Waals surface area contributed by atoms with Crippen LogP contribution in [0.25, 0.3) is 5.57 Å². The maximum Gasteiger partial charge on any atom is 0.119 e. The van der Waals surface area contributed by atoms with Gasteiger partial charge in [0.2, 0.25) is 0 Å². The molecule has 120 valence electrons. The molecule has 1 fully saturated rings. The molecule has 1 nitrogen and oxygen atoms in total. The molecular weight excluding hydrogens is 280 g/mol. The third-order valence-corrected chi connectivity index (χ3v) is 4.65. The molecule has 3 rings (SSSR count). The lowest BCUT2D eigenvalue weighted by molar-refractivity contribution is 0.155. The second-order valence-corrected chi connectivity index (χ2v) is 6.57. The summed E-state index contributed by atoms with van der Waals surface area (Å²) in [5.41, 5.74) is 4.86. The number of allylic oxidation sites excluding steroid dienone is 7. The zero-order valence-electron chi connectivity index (χ0n) is 14.1. The van der Waals surface area contributed by atoms with Crippen LogP contribution in [0, 0.1) is 0 Å². The Balaban J connectivity index is 1.66. The first kappa shape index (κ1) is 15.9. The van der Waals surface area contributed by atoms with Crippen molar-refractivity contribution in [2.45, 2.75) is 51.6 Å². The SMILES string of the molecule is C=C(C)C1=CCC=C(c2ccc(OC3CCCCC3)cc2)C=C1. The Hall–Kier alpha value is -2.02. The van der Waals surface area contributed by atoms with Crippen molar-refractivity contribution < 1.29 is 4.74 Å². The van der Waals surface area contributed by atoms with Crippen LogP contribution in [0.4, 0.5) is 0 Å². The Labute approximate surface area is 140 Å². The Bertz CT molecular complexity index is 637. The molecule has 0 spiro atoms. The Morgan fingerprint density at radius 3 is 2.43 bits per heavy atom. The first-order valence-electron chi connectivity index (χ1n) is 8.74. The van der Waals surface area contributed by atoms with Crippen LogP contribution < -0.4 is 4.74 Å². The van der Waals surface area contributed by atoms with Crippen molar-refractivity contribution in [3.63, 3.8) is 0 Å². The fourth-order valence-corrected chi connectivity index (χ4v) is 3.26. The number of hydrogen-bond donors (Lipinski definition) is 0. The van der Waals surface area contributed by atoms with Crippen molar-refractivity contribution >= 4 is 5.57 Å². The van der Waals surface area contributed by atoms with E-state index in [1.54, 1.807) is 0 Å². The van der Waals surface area contributed by atoms with E-state index in [1.165, 1.54) is 48.8 Å². The van der Waals surface area contributed by atoms with Gasteiger partial charge in [0, 0.05) is 0 Å². The predicted molar refractivity (Wildman–Crippen MR) is 98.6 cm³/mol. The number of rotatable bonds is 4. The molecule has 0 bridgehead atoms. The summed E-state index contributed by atoms with van der Waals surface area (Å²) in [6.45, 7) is 6.08. The van der Waals surface area contributed by atoms with Crippen molar-refractivity contribution in [2.24, 2.45) is 0 Å². The summed E-state index contributed by atoms with van der Waals surface area (Å²) in [5.74, 6) is 1.000. The first-order chi connectivity index (χ1) is 11.2. The number of hydrogen-bond acceptors (Lipinski definition) is 1. The molecule has 0 atom stereocenters. The quantitative estimate of drug-likeness (QED) is 0.639. The summed E-state index contributed by atoms with van der Waals surface area (Å²) < 4.78 is 6.11. The summed E-state index contributed by atoms with van der Waals surface area (Å²) in [7, 11) is 0. The van der Waals surface area contributed by atoms with Crippen molar-refractivity contribution in [3.05, 3.63) is 71.9 Å². The molecule has 0 saturated heterocycles. The maximum atomic E-state index is 6.11. The molecule has 0 radical (unpaired) electrons. The van der Waals surface area contributed by atoms with Gasteiger partial charge in [-0.25, -0.2) is 0 Å². The average molecular weight is 306 g/mol. The molecule has 1 aromatic carbocycles. The van der Waals surface area contributed by atoms with Crippen LogP contribution in [0.1, 0.15) is 51.0 Å². The van der Waals surface area contributed by atoms with Gasteiger partial charge in [-0.1, -0.05) is 55.0 Å².